The molecule has 1 aromatic rings. The molecule has 0 atom stereocenters. The average Bonchev–Trinajstić information content (AvgIpc) is 2.40. The highest BCUT2D eigenvalue weighted by atomic mass is 15.3. The first kappa shape index (κ1) is 13.3. The largest absolute Gasteiger partial charge is 0.338 e. The van der Waals surface area contributed by atoms with Crippen LogP contribution in [-0.4, -0.2) is 36.1 Å². The van der Waals surface area contributed by atoms with Gasteiger partial charge < -0.3 is 10.2 Å². The zero-order chi connectivity index (χ0) is 13.0. The number of rotatable bonds is 4. The van der Waals surface area contributed by atoms with Crippen LogP contribution in [0.15, 0.2) is 6.07 Å². The highest BCUT2D eigenvalue weighted by molar-refractivity contribution is 5.34. The van der Waals surface area contributed by atoms with Crippen molar-refractivity contribution in [1.82, 2.24) is 15.3 Å². The van der Waals surface area contributed by atoms with Crippen molar-refractivity contribution in [2.24, 2.45) is 0 Å². The molecule has 4 heteroatoms. The number of hydrogen-bond donors (Lipinski definition) is 1. The molecule has 2 rings (SSSR count). The highest BCUT2D eigenvalue weighted by Crippen LogP contribution is 2.18. The van der Waals surface area contributed by atoms with Crippen LogP contribution in [0.4, 0.5) is 5.95 Å². The molecule has 18 heavy (non-hydrogen) atoms. The van der Waals surface area contributed by atoms with Gasteiger partial charge in [-0.15, -0.1) is 0 Å². The van der Waals surface area contributed by atoms with Gasteiger partial charge in [0.15, 0.2) is 0 Å². The first-order valence-corrected chi connectivity index (χ1v) is 7.04. The Bertz CT molecular complexity index is 383. The quantitative estimate of drug-likeness (QED) is 0.884. The molecule has 0 bridgehead atoms. The predicted molar refractivity (Wildman–Crippen MR) is 75.2 cm³/mol. The number of piperazine rings is 1. The molecule has 1 N–H and O–H groups in total. The molecule has 0 amide bonds. The molecule has 0 saturated carbocycles. The monoisotopic (exact) mass is 248 g/mol. The summed E-state index contributed by atoms with van der Waals surface area (Å²) in [6, 6.07) is 2.17. The van der Waals surface area contributed by atoms with Crippen molar-refractivity contribution in [3.63, 3.8) is 0 Å². The van der Waals surface area contributed by atoms with E-state index in [1.165, 1.54) is 11.4 Å². The summed E-state index contributed by atoms with van der Waals surface area (Å²) in [4.78, 5) is 11.7. The van der Waals surface area contributed by atoms with Crippen LogP contribution in [0.3, 0.4) is 0 Å². The van der Waals surface area contributed by atoms with E-state index in [0.717, 1.165) is 45.0 Å². The number of anilines is 1. The van der Waals surface area contributed by atoms with Gasteiger partial charge in [-0.2, -0.15) is 0 Å². The molecule has 100 valence electrons. The Morgan fingerprint density at radius 2 is 2.00 bits per heavy atom. The van der Waals surface area contributed by atoms with Crippen molar-refractivity contribution >= 4 is 5.95 Å². The Morgan fingerprint density at radius 1 is 1.28 bits per heavy atom. The SMILES string of the molecule is CCCc1cc(C(C)C)nc(N2CCNCC2)n1. The Balaban J connectivity index is 2.26. The summed E-state index contributed by atoms with van der Waals surface area (Å²) in [5.74, 6) is 1.39. The number of nitrogens with zero attached hydrogens (tertiary/aromatic N) is 3. The topological polar surface area (TPSA) is 41.1 Å². The first-order chi connectivity index (χ1) is 8.70. The second-order valence-corrected chi connectivity index (χ2v) is 5.23. The van der Waals surface area contributed by atoms with Crippen LogP contribution in [0.25, 0.3) is 0 Å². The molecule has 1 fully saturated rings. The Labute approximate surface area is 110 Å². The second kappa shape index (κ2) is 6.14. The number of aryl methyl sites for hydroxylation is 1. The molecule has 1 aliphatic rings. The second-order valence-electron chi connectivity index (χ2n) is 5.23. The van der Waals surface area contributed by atoms with Crippen molar-refractivity contribution < 1.29 is 0 Å². The van der Waals surface area contributed by atoms with Crippen LogP contribution in [0.2, 0.25) is 0 Å². The van der Waals surface area contributed by atoms with Gasteiger partial charge in [0.2, 0.25) is 5.95 Å². The summed E-state index contributed by atoms with van der Waals surface area (Å²) < 4.78 is 0. The van der Waals surface area contributed by atoms with Crippen LogP contribution in [0.1, 0.15) is 44.5 Å². The van der Waals surface area contributed by atoms with Gasteiger partial charge in [0.1, 0.15) is 0 Å². The van der Waals surface area contributed by atoms with Crippen LogP contribution in [0, 0.1) is 0 Å². The van der Waals surface area contributed by atoms with Gasteiger partial charge in [-0.25, -0.2) is 9.97 Å². The van der Waals surface area contributed by atoms with Crippen LogP contribution in [0.5, 0.6) is 0 Å². The number of nitrogens with one attached hydrogen (secondary N) is 1. The summed E-state index contributed by atoms with van der Waals surface area (Å²) in [7, 11) is 0. The lowest BCUT2D eigenvalue weighted by Gasteiger charge is -2.28. The van der Waals surface area contributed by atoms with E-state index in [1.54, 1.807) is 0 Å². The zero-order valence-corrected chi connectivity index (χ0v) is 11.7. The van der Waals surface area contributed by atoms with Crippen molar-refractivity contribution in [2.45, 2.75) is 39.5 Å². The van der Waals surface area contributed by atoms with Gasteiger partial charge in [-0.05, 0) is 18.4 Å². The maximum absolute atomic E-state index is 4.73. The third-order valence-corrected chi connectivity index (χ3v) is 3.28. The van der Waals surface area contributed by atoms with Gasteiger partial charge in [0, 0.05) is 37.6 Å². The fraction of sp³-hybridized carbons (Fsp3) is 0.714. The molecule has 4 nitrogen and oxygen atoms in total. The Morgan fingerprint density at radius 3 is 2.61 bits per heavy atom. The van der Waals surface area contributed by atoms with E-state index in [9.17, 15) is 0 Å². The van der Waals surface area contributed by atoms with Gasteiger partial charge in [-0.3, -0.25) is 0 Å². The first-order valence-electron chi connectivity index (χ1n) is 7.04. The Kier molecular flexibility index (Phi) is 4.53. The summed E-state index contributed by atoms with van der Waals surface area (Å²) in [5, 5.41) is 3.36. The summed E-state index contributed by atoms with van der Waals surface area (Å²) >= 11 is 0. The van der Waals surface area contributed by atoms with Crippen molar-refractivity contribution in [3.8, 4) is 0 Å². The molecule has 0 spiro atoms. The molecule has 1 saturated heterocycles. The average molecular weight is 248 g/mol. The molecule has 0 radical (unpaired) electrons. The predicted octanol–water partition coefficient (Wildman–Crippen LogP) is 1.96. The van der Waals surface area contributed by atoms with Crippen LogP contribution in [-0.2, 0) is 6.42 Å². The van der Waals surface area contributed by atoms with Gasteiger partial charge in [0.25, 0.3) is 0 Å². The number of hydrogen-bond acceptors (Lipinski definition) is 4. The van der Waals surface area contributed by atoms with E-state index in [-0.39, 0.29) is 0 Å². The van der Waals surface area contributed by atoms with Crippen LogP contribution < -0.4 is 10.2 Å². The minimum Gasteiger partial charge on any atom is -0.338 e. The minimum atomic E-state index is 0.463. The summed E-state index contributed by atoms with van der Waals surface area (Å²) in [5.41, 5.74) is 2.35. The third-order valence-electron chi connectivity index (χ3n) is 3.28. The van der Waals surface area contributed by atoms with E-state index in [2.05, 4.69) is 37.1 Å². The lowest BCUT2D eigenvalue weighted by molar-refractivity contribution is 0.576. The van der Waals surface area contributed by atoms with E-state index < -0.39 is 0 Å². The molecular weight excluding hydrogens is 224 g/mol. The zero-order valence-electron chi connectivity index (χ0n) is 11.7. The smallest absolute Gasteiger partial charge is 0.225 e. The molecule has 2 heterocycles. The number of aromatic nitrogens is 2. The van der Waals surface area contributed by atoms with Crippen LogP contribution >= 0.6 is 0 Å². The van der Waals surface area contributed by atoms with Crippen molar-refractivity contribution in [3.05, 3.63) is 17.5 Å². The maximum atomic E-state index is 4.73. The lowest BCUT2D eigenvalue weighted by Crippen LogP contribution is -2.44. The minimum absolute atomic E-state index is 0.463. The maximum Gasteiger partial charge on any atom is 0.225 e. The third kappa shape index (κ3) is 3.19. The molecule has 0 aliphatic carbocycles. The van der Waals surface area contributed by atoms with Gasteiger partial charge in [0.05, 0.1) is 0 Å². The summed E-state index contributed by atoms with van der Waals surface area (Å²) in [6.07, 6.45) is 2.18. The Hall–Kier alpha value is -1.16. The molecule has 0 unspecified atom stereocenters. The molecule has 1 aromatic heterocycles. The van der Waals surface area contributed by atoms with E-state index >= 15 is 0 Å². The molecule has 0 aromatic carbocycles. The van der Waals surface area contributed by atoms with Gasteiger partial charge in [-0.1, -0.05) is 27.2 Å². The van der Waals surface area contributed by atoms with E-state index in [0.29, 0.717) is 5.92 Å². The summed E-state index contributed by atoms with van der Waals surface area (Å²) in [6.45, 7) is 10.7. The fourth-order valence-electron chi connectivity index (χ4n) is 2.19. The van der Waals surface area contributed by atoms with E-state index in [4.69, 9.17) is 9.97 Å². The fourth-order valence-corrected chi connectivity index (χ4v) is 2.19. The highest BCUT2D eigenvalue weighted by Gasteiger charge is 2.15. The van der Waals surface area contributed by atoms with Crippen molar-refractivity contribution in [1.29, 1.82) is 0 Å². The molecular formula is C14H24N4. The molecule has 1 aliphatic heterocycles. The van der Waals surface area contributed by atoms with E-state index in [1.807, 2.05) is 0 Å². The van der Waals surface area contributed by atoms with Gasteiger partial charge >= 0.3 is 0 Å². The standard InChI is InChI=1S/C14H24N4/c1-4-5-12-10-13(11(2)3)17-14(16-12)18-8-6-15-7-9-18/h10-11,15H,4-9H2,1-3H3. The van der Waals surface area contributed by atoms with Crippen molar-refractivity contribution in [2.75, 3.05) is 31.1 Å². The lowest BCUT2D eigenvalue weighted by atomic mass is 10.1. The normalized spacial score (nSPS) is 16.3.